The minimum Gasteiger partial charge on any atom is -0.371 e. The number of rotatable bonds is 30. The third-order valence-electron chi connectivity index (χ3n) is 14.8. The first-order chi connectivity index (χ1) is 38.1. The van der Waals surface area contributed by atoms with Gasteiger partial charge in [0.15, 0.2) is 5.71 Å². The molecule has 0 saturated heterocycles. The molecule has 7 rings (SSSR count). The van der Waals surface area contributed by atoms with Crippen LogP contribution in [0, 0.1) is 0 Å². The monoisotopic (exact) mass is 1200 g/mol. The Kier molecular flexibility index (Phi) is 21.9. The van der Waals surface area contributed by atoms with E-state index >= 15 is 0 Å². The highest BCUT2D eigenvalue weighted by atomic mass is 35.5. The standard InChI is InChI=1S/C55H68ClN5O15S4/c1-54(2)44-37-41(58(28-9-33-77-75-73-65)29-10-34-78-76-74-66)18-22-45(44)59(31-11-35-79(67,68)69)47(54)23-16-38-12-8-13-39(53(38)56)17-24-48-55(3,4)52-43-20-19-42(80(70,71)72)36-40(43)15-21-46(52)60(48)30-7-5-6-14-49(62)57-27-32-61-50(63)25-26-51(61)64/h15-26,36-37H,5-14,27-35H2,1-4H3,(H4-,57,62,65,66,67,68,69,70,71,72)/p+1. The average molecular weight is 1200 g/mol. The van der Waals surface area contributed by atoms with Crippen molar-refractivity contribution < 1.29 is 74.2 Å². The molecule has 25 heteroatoms. The summed E-state index contributed by atoms with van der Waals surface area (Å²) >= 11 is 9.35. The van der Waals surface area contributed by atoms with Crippen molar-refractivity contribution in [3.63, 3.8) is 0 Å². The molecule has 3 aromatic rings. The summed E-state index contributed by atoms with van der Waals surface area (Å²) in [5, 5.41) is 29.6. The number of carbonyl (C=O) groups excluding carboxylic acids is 3. The van der Waals surface area contributed by atoms with Gasteiger partial charge in [0, 0.05) is 139 Å². The van der Waals surface area contributed by atoms with Crippen LogP contribution in [0.25, 0.3) is 10.8 Å². The van der Waals surface area contributed by atoms with E-state index in [4.69, 9.17) is 22.1 Å². The molecule has 3 aromatic carbocycles. The van der Waals surface area contributed by atoms with Crippen LogP contribution in [-0.4, -0.2) is 126 Å². The second-order valence-electron chi connectivity index (χ2n) is 20.8. The van der Waals surface area contributed by atoms with Gasteiger partial charge >= 0.3 is 0 Å². The Labute approximate surface area is 480 Å². The van der Waals surface area contributed by atoms with Crippen LogP contribution in [0.2, 0.25) is 0 Å². The molecule has 3 heterocycles. The van der Waals surface area contributed by atoms with Crippen molar-refractivity contribution in [3.8, 4) is 0 Å². The average Bonchev–Trinajstić information content (AvgIpc) is 4.01. The lowest BCUT2D eigenvalue weighted by Gasteiger charge is -2.27. The number of halogens is 1. The van der Waals surface area contributed by atoms with Gasteiger partial charge in [-0.25, -0.2) is 10.5 Å². The molecule has 0 fully saturated rings. The van der Waals surface area contributed by atoms with E-state index in [9.17, 15) is 40.3 Å². The number of carbonyl (C=O) groups is 3. The van der Waals surface area contributed by atoms with Gasteiger partial charge in [-0.1, -0.05) is 53.7 Å². The van der Waals surface area contributed by atoms with Crippen LogP contribution in [0.5, 0.6) is 0 Å². The fourth-order valence-corrected chi connectivity index (χ4v) is 13.0. The summed E-state index contributed by atoms with van der Waals surface area (Å²) in [6.45, 7) is 10.9. The van der Waals surface area contributed by atoms with E-state index in [1.54, 1.807) is 6.07 Å². The van der Waals surface area contributed by atoms with Crippen LogP contribution in [0.3, 0.4) is 0 Å². The van der Waals surface area contributed by atoms with E-state index in [-0.39, 0.29) is 36.7 Å². The van der Waals surface area contributed by atoms with Crippen LogP contribution in [-0.2, 0) is 64.2 Å². The van der Waals surface area contributed by atoms with Crippen molar-refractivity contribution >= 4 is 107 Å². The van der Waals surface area contributed by atoms with Crippen LogP contribution >= 0.6 is 35.7 Å². The SMILES string of the molecule is CC1(C)C(=CC=C2CCCC(C=CC3=[N+](CCCCCC(=O)NCCN4C(=O)C=CC4=O)c4ccc5cc(S(=O)(=O)O)ccc5c4C3(C)C)=C2Cl)N(CCCS(=O)(=O)O)c2ccc(N(CCCSOOO)CCCSOOO)cc21. The lowest BCUT2D eigenvalue weighted by molar-refractivity contribution is -0.438. The predicted octanol–water partition coefficient (Wildman–Crippen LogP) is 9.91. The number of anilines is 2. The Bertz CT molecular complexity index is 3200. The normalized spacial score (nSPS) is 18.1. The molecule has 0 unspecified atom stereocenters. The molecule has 4 aliphatic rings. The molecule has 3 aliphatic heterocycles. The van der Waals surface area contributed by atoms with E-state index in [1.807, 2.05) is 30.3 Å². The van der Waals surface area contributed by atoms with E-state index < -0.39 is 48.6 Å². The van der Waals surface area contributed by atoms with Gasteiger partial charge < -0.3 is 15.1 Å². The third kappa shape index (κ3) is 15.6. The van der Waals surface area contributed by atoms with Crippen molar-refractivity contribution in [1.29, 1.82) is 0 Å². The Morgan fingerprint density at radius 2 is 1.51 bits per heavy atom. The van der Waals surface area contributed by atoms with Crippen molar-refractivity contribution in [2.45, 2.75) is 108 Å². The van der Waals surface area contributed by atoms with Crippen molar-refractivity contribution in [3.05, 3.63) is 118 Å². The minimum atomic E-state index is -4.45. The number of unbranched alkanes of at least 4 members (excludes halogenated alkanes) is 2. The van der Waals surface area contributed by atoms with E-state index in [2.05, 4.69) is 90.4 Å². The fraction of sp³-hybridized carbons (Fsp3) is 0.455. The Balaban J connectivity index is 1.16. The molecule has 1 aliphatic carbocycles. The van der Waals surface area contributed by atoms with Gasteiger partial charge in [0.1, 0.15) is 6.54 Å². The summed E-state index contributed by atoms with van der Waals surface area (Å²) in [6, 6.07) is 14.6. The van der Waals surface area contributed by atoms with E-state index in [0.29, 0.717) is 80.2 Å². The molecule has 20 nitrogen and oxygen atoms in total. The number of hydrogen-bond acceptors (Lipinski definition) is 17. The molecule has 0 aromatic heterocycles. The number of nitrogens with one attached hydrogen (secondary N) is 1. The highest BCUT2D eigenvalue weighted by Crippen LogP contribution is 2.50. The number of benzene rings is 3. The summed E-state index contributed by atoms with van der Waals surface area (Å²) in [6.07, 6.45) is 16.8. The smallest absolute Gasteiger partial charge is 0.294 e. The van der Waals surface area contributed by atoms with Gasteiger partial charge in [-0.05, 0) is 135 Å². The van der Waals surface area contributed by atoms with Gasteiger partial charge in [-0.2, -0.15) is 21.4 Å². The molecule has 434 valence electrons. The highest BCUT2D eigenvalue weighted by molar-refractivity contribution is 7.94. The van der Waals surface area contributed by atoms with Crippen molar-refractivity contribution in [1.82, 2.24) is 10.2 Å². The Morgan fingerprint density at radius 3 is 2.17 bits per heavy atom. The maximum absolute atomic E-state index is 12.7. The minimum absolute atomic E-state index is 0.0980. The van der Waals surface area contributed by atoms with Crippen molar-refractivity contribution in [2.24, 2.45) is 0 Å². The first-order valence-electron chi connectivity index (χ1n) is 26.4. The summed E-state index contributed by atoms with van der Waals surface area (Å²) in [7, 11) is -8.67. The summed E-state index contributed by atoms with van der Waals surface area (Å²) < 4.78 is 79.2. The van der Waals surface area contributed by atoms with Gasteiger partial charge in [-0.3, -0.25) is 28.4 Å². The maximum Gasteiger partial charge on any atom is 0.294 e. The zero-order chi connectivity index (χ0) is 57.8. The molecule has 0 spiro atoms. The lowest BCUT2D eigenvalue weighted by atomic mass is 9.78. The zero-order valence-electron chi connectivity index (χ0n) is 45.1. The molecular formula is C55H69ClN5O15S4+. The molecule has 0 radical (unpaired) electrons. The molecule has 0 saturated carbocycles. The van der Waals surface area contributed by atoms with Gasteiger partial charge in [0.25, 0.3) is 32.1 Å². The first-order valence-corrected chi connectivity index (χ1v) is 31.6. The van der Waals surface area contributed by atoms with Gasteiger partial charge in [-0.15, -0.1) is 8.67 Å². The van der Waals surface area contributed by atoms with Crippen LogP contribution in [0.15, 0.2) is 112 Å². The summed E-state index contributed by atoms with van der Waals surface area (Å²) in [5.41, 5.74) is 7.43. The summed E-state index contributed by atoms with van der Waals surface area (Å²) in [5.74, 6) is -0.301. The quantitative estimate of drug-likeness (QED) is 0.00790. The topological polar surface area (TPSA) is 262 Å². The van der Waals surface area contributed by atoms with Crippen LogP contribution < -0.4 is 15.1 Å². The van der Waals surface area contributed by atoms with E-state index in [0.717, 1.165) is 104 Å². The van der Waals surface area contributed by atoms with E-state index in [1.165, 1.54) is 24.3 Å². The van der Waals surface area contributed by atoms with Crippen LogP contribution in [0.1, 0.15) is 103 Å². The second-order valence-corrected chi connectivity index (χ2v) is 25.7. The van der Waals surface area contributed by atoms with Crippen LogP contribution in [0.4, 0.5) is 17.1 Å². The number of imide groups is 1. The molecule has 0 atom stereocenters. The molecule has 3 amide bonds. The number of fused-ring (bicyclic) bond motifs is 4. The molecular weight excluding hydrogens is 1130 g/mol. The number of amides is 3. The first kappa shape index (κ1) is 62.7. The van der Waals surface area contributed by atoms with Gasteiger partial charge in [0.2, 0.25) is 11.6 Å². The zero-order valence-corrected chi connectivity index (χ0v) is 49.1. The number of nitrogens with zero attached hydrogens (tertiary/aromatic N) is 4. The predicted molar refractivity (Wildman–Crippen MR) is 310 cm³/mol. The Hall–Kier alpha value is -4.93. The third-order valence-corrected chi connectivity index (χ3v) is 18.2. The highest BCUT2D eigenvalue weighted by Gasteiger charge is 2.46. The maximum atomic E-state index is 12.7. The number of hydrogen-bond donors (Lipinski definition) is 5. The number of allylic oxidation sites excluding steroid dienone is 8. The fourth-order valence-electron chi connectivity index (χ4n) is 10.9. The lowest BCUT2D eigenvalue weighted by Crippen LogP contribution is -2.38. The molecule has 80 heavy (non-hydrogen) atoms. The second kappa shape index (κ2) is 27.9. The van der Waals surface area contributed by atoms with Gasteiger partial charge in [0.05, 0.1) is 16.1 Å². The molecule has 0 bridgehead atoms. The molecule has 5 N–H and O–H groups in total. The summed E-state index contributed by atoms with van der Waals surface area (Å²) in [4.78, 5) is 41.7. The Morgan fingerprint density at radius 1 is 0.812 bits per heavy atom. The van der Waals surface area contributed by atoms with Crippen molar-refractivity contribution in [2.75, 3.05) is 66.3 Å². The largest absolute Gasteiger partial charge is 0.371 e.